The Bertz CT molecular complexity index is 518. The van der Waals surface area contributed by atoms with Gasteiger partial charge < -0.3 is 14.8 Å². The number of anilines is 2. The van der Waals surface area contributed by atoms with E-state index >= 15 is 0 Å². The Labute approximate surface area is 111 Å². The third-order valence-electron chi connectivity index (χ3n) is 2.21. The molecular weight excluding hydrogens is 246 g/mol. The van der Waals surface area contributed by atoms with Gasteiger partial charge in [-0.05, 0) is 19.1 Å². The predicted octanol–water partition coefficient (Wildman–Crippen LogP) is 1.34. The molecule has 19 heavy (non-hydrogen) atoms. The van der Waals surface area contributed by atoms with Gasteiger partial charge >= 0.3 is 0 Å². The summed E-state index contributed by atoms with van der Waals surface area (Å²) in [6.45, 7) is 2.79. The van der Waals surface area contributed by atoms with E-state index < -0.39 is 0 Å². The van der Waals surface area contributed by atoms with E-state index in [0.717, 1.165) is 0 Å². The number of methoxy groups -OCH3 is 1. The van der Waals surface area contributed by atoms with Crippen LogP contribution in [-0.4, -0.2) is 40.5 Å². The van der Waals surface area contributed by atoms with Gasteiger partial charge in [0.05, 0.1) is 6.61 Å². The van der Waals surface area contributed by atoms with Crippen LogP contribution in [0.2, 0.25) is 0 Å². The molecule has 0 atom stereocenters. The molecule has 100 valence electrons. The van der Waals surface area contributed by atoms with Gasteiger partial charge in [-0.1, -0.05) is 0 Å². The van der Waals surface area contributed by atoms with Crippen molar-refractivity contribution in [3.8, 4) is 5.88 Å². The first-order valence-corrected chi connectivity index (χ1v) is 5.80. The third-order valence-corrected chi connectivity index (χ3v) is 2.21. The topological polar surface area (TPSA) is 82.0 Å². The van der Waals surface area contributed by atoms with Crippen molar-refractivity contribution in [2.24, 2.45) is 0 Å². The van der Waals surface area contributed by atoms with Crippen LogP contribution in [0.4, 0.5) is 11.6 Å². The Balaban J connectivity index is 1.95. The second kappa shape index (κ2) is 6.60. The van der Waals surface area contributed by atoms with E-state index in [1.165, 1.54) is 0 Å². The van der Waals surface area contributed by atoms with Crippen LogP contribution in [0.1, 0.15) is 5.82 Å². The minimum atomic E-state index is 0.447. The molecule has 0 radical (unpaired) electrons. The highest BCUT2D eigenvalue weighted by Gasteiger charge is 2.00. The number of hydrogen-bond donors (Lipinski definition) is 1. The fraction of sp³-hybridized carbons (Fsp3) is 0.333. The van der Waals surface area contributed by atoms with E-state index in [1.54, 1.807) is 31.5 Å². The van der Waals surface area contributed by atoms with Crippen molar-refractivity contribution in [2.45, 2.75) is 6.92 Å². The predicted molar refractivity (Wildman–Crippen MR) is 69.5 cm³/mol. The molecular formula is C12H15N5O2. The summed E-state index contributed by atoms with van der Waals surface area (Å²) in [5.74, 6) is 2.42. The van der Waals surface area contributed by atoms with Crippen molar-refractivity contribution in [3.63, 3.8) is 0 Å². The highest BCUT2D eigenvalue weighted by Crippen LogP contribution is 2.12. The fourth-order valence-electron chi connectivity index (χ4n) is 1.35. The van der Waals surface area contributed by atoms with Crippen molar-refractivity contribution in [2.75, 3.05) is 25.6 Å². The molecule has 0 saturated carbocycles. The summed E-state index contributed by atoms with van der Waals surface area (Å²) in [6, 6.07) is 5.27. The van der Waals surface area contributed by atoms with Crippen LogP contribution in [0.3, 0.4) is 0 Å². The molecule has 0 fully saturated rings. The number of nitrogens with one attached hydrogen (secondary N) is 1. The summed E-state index contributed by atoms with van der Waals surface area (Å²) in [6.07, 6.45) is 1.68. The van der Waals surface area contributed by atoms with Gasteiger partial charge in [-0.15, -0.1) is 10.2 Å². The standard InChI is InChI=1S/C12H15N5O2/c1-9-13-6-5-10(14-9)15-11-3-4-12(17-16-11)19-8-7-18-2/h3-6H,7-8H2,1-2H3,(H,13,14,15,16). The fourth-order valence-corrected chi connectivity index (χ4v) is 1.35. The lowest BCUT2D eigenvalue weighted by atomic mass is 10.5. The van der Waals surface area contributed by atoms with Gasteiger partial charge in [0.15, 0.2) is 5.82 Å². The Morgan fingerprint density at radius 2 is 2.00 bits per heavy atom. The van der Waals surface area contributed by atoms with E-state index in [-0.39, 0.29) is 0 Å². The molecule has 2 heterocycles. The molecule has 7 nitrogen and oxygen atoms in total. The number of ether oxygens (including phenoxy) is 2. The summed E-state index contributed by atoms with van der Waals surface area (Å²) in [4.78, 5) is 8.23. The molecule has 0 unspecified atom stereocenters. The third kappa shape index (κ3) is 4.14. The Morgan fingerprint density at radius 3 is 2.68 bits per heavy atom. The number of hydrogen-bond acceptors (Lipinski definition) is 7. The quantitative estimate of drug-likeness (QED) is 0.786. The van der Waals surface area contributed by atoms with E-state index in [4.69, 9.17) is 9.47 Å². The van der Waals surface area contributed by atoms with E-state index in [9.17, 15) is 0 Å². The smallest absolute Gasteiger partial charge is 0.233 e. The first-order chi connectivity index (χ1) is 9.28. The van der Waals surface area contributed by atoms with Crippen molar-refractivity contribution >= 4 is 11.6 Å². The second-order valence-electron chi connectivity index (χ2n) is 3.71. The lowest BCUT2D eigenvalue weighted by molar-refractivity contribution is 0.143. The summed E-state index contributed by atoms with van der Waals surface area (Å²) in [7, 11) is 1.62. The van der Waals surface area contributed by atoms with Gasteiger partial charge in [0.2, 0.25) is 5.88 Å². The van der Waals surface area contributed by atoms with Gasteiger partial charge in [0, 0.05) is 19.4 Å². The maximum atomic E-state index is 5.32. The zero-order valence-electron chi connectivity index (χ0n) is 10.8. The lowest BCUT2D eigenvalue weighted by Gasteiger charge is -2.06. The molecule has 0 aliphatic carbocycles. The molecule has 0 bridgehead atoms. The summed E-state index contributed by atoms with van der Waals surface area (Å²) in [5.41, 5.74) is 0. The second-order valence-corrected chi connectivity index (χ2v) is 3.71. The van der Waals surface area contributed by atoms with Gasteiger partial charge in [-0.3, -0.25) is 0 Å². The molecule has 0 aliphatic rings. The zero-order chi connectivity index (χ0) is 13.5. The van der Waals surface area contributed by atoms with E-state index in [0.29, 0.717) is 36.6 Å². The van der Waals surface area contributed by atoms with Gasteiger partial charge in [-0.25, -0.2) is 9.97 Å². The highest BCUT2D eigenvalue weighted by atomic mass is 16.5. The average Bonchev–Trinajstić information content (AvgIpc) is 2.41. The van der Waals surface area contributed by atoms with Crippen LogP contribution in [0, 0.1) is 6.92 Å². The Hall–Kier alpha value is -2.28. The van der Waals surface area contributed by atoms with Crippen LogP contribution in [0.5, 0.6) is 5.88 Å². The van der Waals surface area contributed by atoms with Crippen LogP contribution in [-0.2, 0) is 4.74 Å². The summed E-state index contributed by atoms with van der Waals surface area (Å²) < 4.78 is 10.2. The molecule has 0 aromatic carbocycles. The maximum absolute atomic E-state index is 5.32. The van der Waals surface area contributed by atoms with Gasteiger partial charge in [-0.2, -0.15) is 0 Å². The zero-order valence-corrected chi connectivity index (χ0v) is 10.8. The van der Waals surface area contributed by atoms with Crippen LogP contribution in [0.15, 0.2) is 24.4 Å². The normalized spacial score (nSPS) is 10.2. The largest absolute Gasteiger partial charge is 0.474 e. The average molecular weight is 261 g/mol. The molecule has 2 rings (SSSR count). The Morgan fingerprint density at radius 1 is 1.11 bits per heavy atom. The minimum absolute atomic E-state index is 0.447. The molecule has 2 aromatic heterocycles. The SMILES string of the molecule is COCCOc1ccc(Nc2ccnc(C)n2)nn1. The van der Waals surface area contributed by atoms with Crippen molar-refractivity contribution in [1.82, 2.24) is 20.2 Å². The first-order valence-electron chi connectivity index (χ1n) is 5.80. The molecule has 0 amide bonds. The van der Waals surface area contributed by atoms with E-state index in [2.05, 4.69) is 25.5 Å². The summed E-state index contributed by atoms with van der Waals surface area (Å²) in [5, 5.41) is 11.0. The number of aryl methyl sites for hydroxylation is 1. The minimum Gasteiger partial charge on any atom is -0.474 e. The van der Waals surface area contributed by atoms with Crippen molar-refractivity contribution < 1.29 is 9.47 Å². The first kappa shape index (κ1) is 13.2. The van der Waals surface area contributed by atoms with Crippen molar-refractivity contribution in [1.29, 1.82) is 0 Å². The van der Waals surface area contributed by atoms with Gasteiger partial charge in [0.25, 0.3) is 0 Å². The van der Waals surface area contributed by atoms with Crippen LogP contribution < -0.4 is 10.1 Å². The van der Waals surface area contributed by atoms with Crippen LogP contribution >= 0.6 is 0 Å². The number of nitrogens with zero attached hydrogens (tertiary/aromatic N) is 4. The van der Waals surface area contributed by atoms with E-state index in [1.807, 2.05) is 6.92 Å². The molecule has 0 aliphatic heterocycles. The Kier molecular flexibility index (Phi) is 4.57. The van der Waals surface area contributed by atoms with Crippen LogP contribution in [0.25, 0.3) is 0 Å². The van der Waals surface area contributed by atoms with Crippen molar-refractivity contribution in [3.05, 3.63) is 30.2 Å². The highest BCUT2D eigenvalue weighted by molar-refractivity contribution is 5.50. The molecule has 0 spiro atoms. The molecule has 1 N–H and O–H groups in total. The molecule has 0 saturated heterocycles. The summed E-state index contributed by atoms with van der Waals surface area (Å²) >= 11 is 0. The maximum Gasteiger partial charge on any atom is 0.233 e. The molecule has 2 aromatic rings. The molecule has 7 heteroatoms. The van der Waals surface area contributed by atoms with Gasteiger partial charge in [0.1, 0.15) is 18.2 Å². The monoisotopic (exact) mass is 261 g/mol. The number of rotatable bonds is 6. The lowest BCUT2D eigenvalue weighted by Crippen LogP contribution is -2.06. The number of aromatic nitrogens is 4.